The lowest BCUT2D eigenvalue weighted by atomic mass is 9.98. The molecular weight excluding hydrogens is 549 g/mol. The third-order valence-electron chi connectivity index (χ3n) is 7.32. The maximum atomic E-state index is 14.7. The van der Waals surface area contributed by atoms with Crippen molar-refractivity contribution in [1.29, 1.82) is 0 Å². The molecule has 0 amide bonds. The van der Waals surface area contributed by atoms with Gasteiger partial charge in [-0.2, -0.15) is 0 Å². The number of imidazole rings is 1. The number of allylic oxidation sites excluding steroid dienone is 5. The highest BCUT2D eigenvalue weighted by atomic mass is 19.1. The van der Waals surface area contributed by atoms with Crippen LogP contribution in [0.25, 0.3) is 27.7 Å². The Morgan fingerprint density at radius 1 is 1.14 bits per heavy atom. The molecule has 0 radical (unpaired) electrons. The van der Waals surface area contributed by atoms with Crippen molar-refractivity contribution < 1.29 is 4.39 Å². The minimum atomic E-state index is -0.309. The van der Waals surface area contributed by atoms with E-state index in [4.69, 9.17) is 4.98 Å². The molecule has 0 atom stereocenters. The van der Waals surface area contributed by atoms with Crippen molar-refractivity contribution in [3.05, 3.63) is 114 Å². The highest BCUT2D eigenvalue weighted by Crippen LogP contribution is 2.31. The monoisotopic (exact) mass is 593 g/mol. The molecule has 8 heteroatoms. The van der Waals surface area contributed by atoms with Crippen LogP contribution in [0, 0.1) is 5.82 Å². The van der Waals surface area contributed by atoms with Gasteiger partial charge in [-0.3, -0.25) is 4.98 Å². The van der Waals surface area contributed by atoms with Crippen LogP contribution in [0.4, 0.5) is 15.8 Å². The first-order valence-corrected chi connectivity index (χ1v) is 15.0. The molecule has 0 bridgehead atoms. The number of rotatable bonds is 15. The zero-order valence-corrected chi connectivity index (χ0v) is 26.5. The van der Waals surface area contributed by atoms with Crippen molar-refractivity contribution in [2.24, 2.45) is 0 Å². The highest BCUT2D eigenvalue weighted by Gasteiger charge is 2.14. The number of hydrogen-bond donors (Lipinski definition) is 4. The predicted octanol–water partition coefficient (Wildman–Crippen LogP) is 7.75. The van der Waals surface area contributed by atoms with Crippen LogP contribution in [-0.2, 0) is 6.42 Å². The van der Waals surface area contributed by atoms with E-state index in [1.54, 1.807) is 12.4 Å². The summed E-state index contributed by atoms with van der Waals surface area (Å²) in [6, 6.07) is 11.4. The van der Waals surface area contributed by atoms with Crippen LogP contribution in [0.5, 0.6) is 0 Å². The van der Waals surface area contributed by atoms with Crippen LogP contribution in [0.1, 0.15) is 43.6 Å². The fraction of sp³-hybridized carbons (Fsp3) is 0.278. The van der Waals surface area contributed by atoms with Gasteiger partial charge in [-0.05, 0) is 92.2 Å². The number of aromatic amines is 1. The van der Waals surface area contributed by atoms with Gasteiger partial charge in [0.1, 0.15) is 11.6 Å². The van der Waals surface area contributed by atoms with Gasteiger partial charge in [0, 0.05) is 61.1 Å². The molecule has 230 valence electrons. The fourth-order valence-corrected chi connectivity index (χ4v) is 5.11. The second-order valence-corrected chi connectivity index (χ2v) is 11.1. The molecule has 0 aliphatic heterocycles. The summed E-state index contributed by atoms with van der Waals surface area (Å²) < 4.78 is 14.7. The van der Waals surface area contributed by atoms with Gasteiger partial charge in [-0.1, -0.05) is 38.6 Å². The van der Waals surface area contributed by atoms with Gasteiger partial charge >= 0.3 is 0 Å². The number of H-pyrrole nitrogens is 1. The number of hydrogen-bond acceptors (Lipinski definition) is 6. The van der Waals surface area contributed by atoms with Crippen LogP contribution in [0.2, 0.25) is 0 Å². The first-order chi connectivity index (χ1) is 21.2. The van der Waals surface area contributed by atoms with Gasteiger partial charge in [0.15, 0.2) is 0 Å². The average molecular weight is 594 g/mol. The molecule has 0 unspecified atom stereocenters. The minimum absolute atomic E-state index is 0.309. The zero-order valence-electron chi connectivity index (χ0n) is 26.5. The van der Waals surface area contributed by atoms with E-state index < -0.39 is 0 Å². The molecule has 2 aromatic heterocycles. The maximum Gasteiger partial charge on any atom is 0.125 e. The first kappa shape index (κ1) is 32.2. The molecule has 2 heterocycles. The molecule has 0 fully saturated rings. The number of nitrogens with one attached hydrogen (secondary N) is 4. The van der Waals surface area contributed by atoms with Crippen molar-refractivity contribution in [3.8, 4) is 11.1 Å². The molecule has 4 aromatic rings. The Morgan fingerprint density at radius 3 is 2.66 bits per heavy atom. The lowest BCUT2D eigenvalue weighted by Gasteiger charge is -2.14. The molecule has 0 spiro atoms. The highest BCUT2D eigenvalue weighted by molar-refractivity contribution is 5.91. The molecule has 0 aliphatic rings. The summed E-state index contributed by atoms with van der Waals surface area (Å²) in [4.78, 5) is 14.9. The summed E-state index contributed by atoms with van der Waals surface area (Å²) in [6.45, 7) is 13.8. The standard InChI is InChI=1S/C36H44FN7/c1-8-11-24(4)41-30(10-3)18-25(9-2)26-12-13-33(38-5)28(16-26)20-35-42-34-23-39-22-32(36(34)43-35)27-17-29(37)21-31(19-27)40-14-15-44(6)7/h9-10,12-13,16-19,21-23,38,40-41H,3-4,8,11,14-15,20H2,1-2,5-7H3,(H,42,43)/b25-9+,30-18+. The van der Waals surface area contributed by atoms with Crippen LogP contribution in [0.15, 0.2) is 91.6 Å². The Bertz CT molecular complexity index is 1680. The number of fused-ring (bicyclic) bond motifs is 1. The summed E-state index contributed by atoms with van der Waals surface area (Å²) in [7, 11) is 5.94. The Labute approximate surface area is 260 Å². The van der Waals surface area contributed by atoms with Crippen LogP contribution in [0.3, 0.4) is 0 Å². The van der Waals surface area contributed by atoms with E-state index in [9.17, 15) is 4.39 Å². The summed E-state index contributed by atoms with van der Waals surface area (Å²) in [5.41, 5.74) is 9.91. The lowest BCUT2D eigenvalue weighted by molar-refractivity contribution is 0.425. The van der Waals surface area contributed by atoms with E-state index in [2.05, 4.69) is 81.3 Å². The van der Waals surface area contributed by atoms with Gasteiger partial charge in [-0.15, -0.1) is 0 Å². The van der Waals surface area contributed by atoms with Crippen molar-refractivity contribution in [2.45, 2.75) is 33.1 Å². The second-order valence-electron chi connectivity index (χ2n) is 11.1. The van der Waals surface area contributed by atoms with Crippen molar-refractivity contribution in [3.63, 3.8) is 0 Å². The van der Waals surface area contributed by atoms with Gasteiger partial charge in [0.2, 0.25) is 0 Å². The number of benzene rings is 2. The third kappa shape index (κ3) is 8.23. The molecule has 2 aromatic carbocycles. The fourth-order valence-electron chi connectivity index (χ4n) is 5.11. The van der Waals surface area contributed by atoms with E-state index in [1.807, 2.05) is 40.2 Å². The normalized spacial score (nSPS) is 12.1. The number of pyridine rings is 1. The summed E-state index contributed by atoms with van der Waals surface area (Å²) in [6.07, 6.45) is 12.0. The number of likely N-dealkylation sites (N-methyl/N-ethyl adjacent to an activating group) is 1. The Balaban J connectivity index is 1.65. The SMILES string of the molecule is C=C/C(=C\C(=C/C)c1ccc(NC)c(Cc2nc3c(-c4cc(F)cc(NCCN(C)C)c4)cncc3[nH]2)c1)NC(=C)CCC. The summed E-state index contributed by atoms with van der Waals surface area (Å²) in [5, 5.41) is 10.0. The quantitative estimate of drug-likeness (QED) is 0.106. The number of nitrogens with zero attached hydrogens (tertiary/aromatic N) is 3. The van der Waals surface area contributed by atoms with Crippen LogP contribution < -0.4 is 16.0 Å². The van der Waals surface area contributed by atoms with E-state index in [0.29, 0.717) is 13.0 Å². The first-order valence-electron chi connectivity index (χ1n) is 15.0. The van der Waals surface area contributed by atoms with E-state index >= 15 is 0 Å². The van der Waals surface area contributed by atoms with E-state index in [-0.39, 0.29) is 5.82 Å². The Kier molecular flexibility index (Phi) is 11.1. The molecule has 7 nitrogen and oxygen atoms in total. The molecule has 4 rings (SSSR count). The van der Waals surface area contributed by atoms with E-state index in [0.717, 1.165) is 86.8 Å². The number of aromatic nitrogens is 3. The molecule has 0 saturated carbocycles. The molecule has 44 heavy (non-hydrogen) atoms. The predicted molar refractivity (Wildman–Crippen MR) is 184 cm³/mol. The van der Waals surface area contributed by atoms with Crippen molar-refractivity contribution >= 4 is 28.0 Å². The van der Waals surface area contributed by atoms with Gasteiger partial charge in [-0.25, -0.2) is 9.37 Å². The Morgan fingerprint density at radius 2 is 1.95 bits per heavy atom. The van der Waals surface area contributed by atoms with Crippen molar-refractivity contribution in [1.82, 2.24) is 25.2 Å². The number of anilines is 2. The largest absolute Gasteiger partial charge is 0.388 e. The lowest BCUT2D eigenvalue weighted by Crippen LogP contribution is -2.20. The third-order valence-corrected chi connectivity index (χ3v) is 7.32. The second kappa shape index (κ2) is 15.2. The maximum absolute atomic E-state index is 14.7. The minimum Gasteiger partial charge on any atom is -0.388 e. The Hall–Kier alpha value is -4.69. The summed E-state index contributed by atoms with van der Waals surface area (Å²) in [5.74, 6) is 0.488. The molecular formula is C36H44FN7. The average Bonchev–Trinajstić information content (AvgIpc) is 3.41. The van der Waals surface area contributed by atoms with Gasteiger partial charge in [0.05, 0.1) is 17.2 Å². The van der Waals surface area contributed by atoms with Crippen LogP contribution >= 0.6 is 0 Å². The van der Waals surface area contributed by atoms with Crippen molar-refractivity contribution in [2.75, 3.05) is 44.9 Å². The van der Waals surface area contributed by atoms with Gasteiger partial charge in [0.25, 0.3) is 0 Å². The summed E-state index contributed by atoms with van der Waals surface area (Å²) >= 11 is 0. The van der Waals surface area contributed by atoms with Gasteiger partial charge < -0.3 is 25.8 Å². The molecule has 0 saturated heterocycles. The van der Waals surface area contributed by atoms with Crippen LogP contribution in [-0.4, -0.2) is 54.1 Å². The smallest absolute Gasteiger partial charge is 0.125 e. The topological polar surface area (TPSA) is 80.9 Å². The van der Waals surface area contributed by atoms with E-state index in [1.165, 1.54) is 12.1 Å². The number of halogens is 1. The zero-order chi connectivity index (χ0) is 31.6. The molecule has 4 N–H and O–H groups in total. The molecule has 0 aliphatic carbocycles.